The fourth-order valence-corrected chi connectivity index (χ4v) is 2.47. The van der Waals surface area contributed by atoms with Gasteiger partial charge in [-0.05, 0) is 18.4 Å². The van der Waals surface area contributed by atoms with Crippen LogP contribution in [0, 0.1) is 0 Å². The zero-order chi connectivity index (χ0) is 11.1. The Bertz CT molecular complexity index is 231. The van der Waals surface area contributed by atoms with Crippen LogP contribution in [-0.4, -0.2) is 28.3 Å². The summed E-state index contributed by atoms with van der Waals surface area (Å²) in [6.45, 7) is 2.94. The molecule has 1 amide bonds. The van der Waals surface area contributed by atoms with Crippen molar-refractivity contribution < 1.29 is 9.59 Å². The molecule has 0 atom stereocenters. The van der Waals surface area contributed by atoms with E-state index in [2.05, 4.69) is 6.92 Å². The summed E-state index contributed by atoms with van der Waals surface area (Å²) >= 11 is 1.36. The van der Waals surface area contributed by atoms with Gasteiger partial charge in [-0.25, -0.2) is 0 Å². The molecule has 0 unspecified atom stereocenters. The van der Waals surface area contributed by atoms with Crippen LogP contribution < -0.4 is 0 Å². The van der Waals surface area contributed by atoms with Crippen LogP contribution in [-0.2, 0) is 9.59 Å². The molecule has 1 aliphatic heterocycles. The second-order valence-electron chi connectivity index (χ2n) is 3.87. The highest BCUT2D eigenvalue weighted by atomic mass is 32.2. The average Bonchev–Trinajstić information content (AvgIpc) is 2.54. The van der Waals surface area contributed by atoms with Crippen molar-refractivity contribution in [3.63, 3.8) is 0 Å². The smallest absolute Gasteiger partial charge is 0.288 e. The number of carbonyl (C=O) groups excluding carboxylic acids is 2. The number of nitrogens with zero attached hydrogens (tertiary/aromatic N) is 1. The summed E-state index contributed by atoms with van der Waals surface area (Å²) in [5.74, 6) is -0.200. The van der Waals surface area contributed by atoms with E-state index in [1.807, 2.05) is 0 Å². The molecule has 0 aromatic rings. The summed E-state index contributed by atoms with van der Waals surface area (Å²) in [5, 5.41) is 0. The number of ketones is 1. The van der Waals surface area contributed by atoms with Gasteiger partial charge >= 0.3 is 5.91 Å². The van der Waals surface area contributed by atoms with E-state index < -0.39 is 0 Å². The zero-order valence-corrected chi connectivity index (χ0v) is 10.1. The first-order chi connectivity index (χ1) is 7.25. The van der Waals surface area contributed by atoms with Crippen molar-refractivity contribution in [2.24, 2.45) is 0 Å². The van der Waals surface area contributed by atoms with Crippen molar-refractivity contribution >= 4 is 23.6 Å². The predicted molar refractivity (Wildman–Crippen MR) is 62.6 cm³/mol. The molecule has 3 nitrogen and oxygen atoms in total. The molecule has 1 saturated heterocycles. The molecule has 0 aromatic heterocycles. The summed E-state index contributed by atoms with van der Waals surface area (Å²) in [6, 6.07) is 0. The molecule has 0 spiro atoms. The third kappa shape index (κ3) is 4.24. The number of hydrogen-bond donors (Lipinski definition) is 0. The molecule has 0 saturated carbocycles. The SMILES string of the molecule is CCCCCCCCN1SCC(=O)C1=O. The van der Waals surface area contributed by atoms with Gasteiger partial charge in [0, 0.05) is 6.54 Å². The largest absolute Gasteiger partial charge is 0.300 e. The number of rotatable bonds is 7. The minimum atomic E-state index is -0.298. The van der Waals surface area contributed by atoms with Gasteiger partial charge in [-0.2, -0.15) is 0 Å². The van der Waals surface area contributed by atoms with Gasteiger partial charge in [0.2, 0.25) is 5.78 Å². The van der Waals surface area contributed by atoms with E-state index in [1.165, 1.54) is 44.1 Å². The highest BCUT2D eigenvalue weighted by Crippen LogP contribution is 2.19. The maximum Gasteiger partial charge on any atom is 0.300 e. The normalized spacial score (nSPS) is 16.5. The number of unbranched alkanes of at least 4 members (excludes halogenated alkanes) is 5. The fourth-order valence-electron chi connectivity index (χ4n) is 1.60. The van der Waals surface area contributed by atoms with Gasteiger partial charge in [-0.3, -0.25) is 13.9 Å². The molecule has 0 aromatic carbocycles. The molecule has 1 aliphatic rings. The van der Waals surface area contributed by atoms with Crippen molar-refractivity contribution in [1.82, 2.24) is 4.31 Å². The van der Waals surface area contributed by atoms with Gasteiger partial charge in [0.25, 0.3) is 0 Å². The molecule has 0 radical (unpaired) electrons. The Labute approximate surface area is 95.7 Å². The van der Waals surface area contributed by atoms with Crippen LogP contribution in [0.15, 0.2) is 0 Å². The first-order valence-electron chi connectivity index (χ1n) is 5.73. The average molecular weight is 229 g/mol. The van der Waals surface area contributed by atoms with Crippen molar-refractivity contribution in [2.75, 3.05) is 12.3 Å². The Kier molecular flexibility index (Phi) is 5.76. The van der Waals surface area contributed by atoms with Gasteiger partial charge in [0.15, 0.2) is 0 Å². The second kappa shape index (κ2) is 6.88. The van der Waals surface area contributed by atoms with Crippen LogP contribution in [0.5, 0.6) is 0 Å². The summed E-state index contributed by atoms with van der Waals surface area (Å²) < 4.78 is 1.61. The van der Waals surface area contributed by atoms with Crippen molar-refractivity contribution in [2.45, 2.75) is 45.4 Å². The maximum atomic E-state index is 11.2. The van der Waals surface area contributed by atoms with E-state index in [-0.39, 0.29) is 11.7 Å². The molecule has 0 aliphatic carbocycles. The molecular formula is C11H19NO2S. The number of carbonyl (C=O) groups is 2. The molecule has 4 heteroatoms. The van der Waals surface area contributed by atoms with Crippen molar-refractivity contribution in [3.05, 3.63) is 0 Å². The van der Waals surface area contributed by atoms with Gasteiger partial charge in [-0.15, -0.1) is 0 Å². The minimum Gasteiger partial charge on any atom is -0.288 e. The summed E-state index contributed by atoms with van der Waals surface area (Å²) in [5.41, 5.74) is 0. The van der Waals surface area contributed by atoms with E-state index in [4.69, 9.17) is 0 Å². The van der Waals surface area contributed by atoms with E-state index in [0.717, 1.165) is 13.0 Å². The van der Waals surface area contributed by atoms with Crippen molar-refractivity contribution in [3.8, 4) is 0 Å². The Balaban J connectivity index is 2.01. The van der Waals surface area contributed by atoms with E-state index in [1.54, 1.807) is 4.31 Å². The molecule has 86 valence electrons. The van der Waals surface area contributed by atoms with Gasteiger partial charge < -0.3 is 0 Å². The Hall–Kier alpha value is -0.510. The first kappa shape index (κ1) is 12.6. The first-order valence-corrected chi connectivity index (χ1v) is 6.67. The lowest BCUT2D eigenvalue weighted by atomic mass is 10.1. The van der Waals surface area contributed by atoms with Crippen LogP contribution in [0.2, 0.25) is 0 Å². The minimum absolute atomic E-state index is 0.244. The lowest BCUT2D eigenvalue weighted by Crippen LogP contribution is -2.24. The van der Waals surface area contributed by atoms with Crippen LogP contribution >= 0.6 is 11.9 Å². The fraction of sp³-hybridized carbons (Fsp3) is 0.818. The third-order valence-electron chi connectivity index (χ3n) is 2.53. The Morgan fingerprint density at radius 3 is 2.40 bits per heavy atom. The van der Waals surface area contributed by atoms with E-state index >= 15 is 0 Å². The van der Waals surface area contributed by atoms with Gasteiger partial charge in [0.05, 0.1) is 5.75 Å². The summed E-state index contributed by atoms with van der Waals surface area (Å²) in [7, 11) is 0. The van der Waals surface area contributed by atoms with E-state index in [9.17, 15) is 9.59 Å². The number of Topliss-reactive ketones (excluding diaryl/α,β-unsaturated/α-hetero) is 1. The number of amides is 1. The molecule has 1 heterocycles. The van der Waals surface area contributed by atoms with Crippen LogP contribution in [0.3, 0.4) is 0 Å². The molecule has 15 heavy (non-hydrogen) atoms. The van der Waals surface area contributed by atoms with E-state index in [0.29, 0.717) is 5.75 Å². The third-order valence-corrected chi connectivity index (χ3v) is 3.58. The Morgan fingerprint density at radius 2 is 1.80 bits per heavy atom. The van der Waals surface area contributed by atoms with Crippen LogP contribution in [0.1, 0.15) is 45.4 Å². The number of hydrogen-bond acceptors (Lipinski definition) is 3. The molecule has 0 N–H and O–H groups in total. The zero-order valence-electron chi connectivity index (χ0n) is 9.33. The molecule has 0 bridgehead atoms. The second-order valence-corrected chi connectivity index (χ2v) is 4.86. The van der Waals surface area contributed by atoms with Crippen molar-refractivity contribution in [1.29, 1.82) is 0 Å². The van der Waals surface area contributed by atoms with Crippen LogP contribution in [0.4, 0.5) is 0 Å². The highest BCUT2D eigenvalue weighted by Gasteiger charge is 2.29. The van der Waals surface area contributed by atoms with Crippen LogP contribution in [0.25, 0.3) is 0 Å². The Morgan fingerprint density at radius 1 is 1.13 bits per heavy atom. The summed E-state index contributed by atoms with van der Waals surface area (Å²) in [4.78, 5) is 22.2. The monoisotopic (exact) mass is 229 g/mol. The molecular weight excluding hydrogens is 210 g/mol. The lowest BCUT2D eigenvalue weighted by molar-refractivity contribution is -0.138. The highest BCUT2D eigenvalue weighted by molar-refractivity contribution is 7.99. The maximum absolute atomic E-state index is 11.2. The topological polar surface area (TPSA) is 37.4 Å². The standard InChI is InChI=1S/C11H19NO2S/c1-2-3-4-5-6-7-8-12-11(14)10(13)9-15-12/h2-9H2,1H3. The van der Waals surface area contributed by atoms with Gasteiger partial charge in [0.1, 0.15) is 0 Å². The van der Waals surface area contributed by atoms with Gasteiger partial charge in [-0.1, -0.05) is 39.0 Å². The lowest BCUT2D eigenvalue weighted by Gasteiger charge is -2.11. The summed E-state index contributed by atoms with van der Waals surface area (Å²) in [6.07, 6.45) is 7.28. The molecule has 1 rings (SSSR count). The quantitative estimate of drug-likeness (QED) is 0.382. The molecule has 1 fully saturated rings. The predicted octanol–water partition coefficient (Wildman–Crippen LogP) is 2.41.